The van der Waals surface area contributed by atoms with Crippen LogP contribution < -0.4 is 5.32 Å². The summed E-state index contributed by atoms with van der Waals surface area (Å²) in [6.45, 7) is 7.86. The second-order valence-electron chi connectivity index (χ2n) is 4.19. The summed E-state index contributed by atoms with van der Waals surface area (Å²) in [5.74, 6) is 1.15. The van der Waals surface area contributed by atoms with Crippen molar-refractivity contribution in [3.05, 3.63) is 11.8 Å². The fraction of sp³-hybridized carbons (Fsp3) is 0.727. The number of aryl methyl sites for hydroxylation is 2. The summed E-state index contributed by atoms with van der Waals surface area (Å²) >= 11 is 1.90. The summed E-state index contributed by atoms with van der Waals surface area (Å²) in [5.41, 5.74) is 1.10. The Hall–Kier alpha value is -0.520. The molecule has 0 atom stereocenters. The molecule has 0 unspecified atom stereocenters. The molecule has 1 aliphatic rings. The molecule has 16 heavy (non-hydrogen) atoms. The van der Waals surface area contributed by atoms with Crippen molar-refractivity contribution in [1.29, 1.82) is 0 Å². The standard InChI is InChI=1S/C11H20N4S/c1-10-9-11(14(2)13-10)16-8-7-15-5-3-12-4-6-15/h9,12H,3-8H2,1-2H3. The van der Waals surface area contributed by atoms with Crippen molar-refractivity contribution in [1.82, 2.24) is 20.0 Å². The second-order valence-corrected chi connectivity index (χ2v) is 5.30. The monoisotopic (exact) mass is 240 g/mol. The summed E-state index contributed by atoms with van der Waals surface area (Å²) in [4.78, 5) is 2.52. The van der Waals surface area contributed by atoms with Crippen LogP contribution >= 0.6 is 11.8 Å². The van der Waals surface area contributed by atoms with E-state index in [0.717, 1.165) is 24.5 Å². The van der Waals surface area contributed by atoms with Gasteiger partial charge in [0.2, 0.25) is 0 Å². The largest absolute Gasteiger partial charge is 0.314 e. The molecule has 1 aromatic heterocycles. The van der Waals surface area contributed by atoms with E-state index in [-0.39, 0.29) is 0 Å². The van der Waals surface area contributed by atoms with Gasteiger partial charge in [-0.15, -0.1) is 11.8 Å². The van der Waals surface area contributed by atoms with E-state index in [1.165, 1.54) is 24.7 Å². The van der Waals surface area contributed by atoms with E-state index < -0.39 is 0 Å². The Bertz CT molecular complexity index is 331. The summed E-state index contributed by atoms with van der Waals surface area (Å²) in [5, 5.41) is 8.99. The van der Waals surface area contributed by atoms with E-state index in [9.17, 15) is 0 Å². The summed E-state index contributed by atoms with van der Waals surface area (Å²) < 4.78 is 1.97. The summed E-state index contributed by atoms with van der Waals surface area (Å²) in [6, 6.07) is 2.16. The van der Waals surface area contributed by atoms with E-state index >= 15 is 0 Å². The van der Waals surface area contributed by atoms with Crippen LogP contribution in [0.15, 0.2) is 11.1 Å². The molecule has 90 valence electrons. The first-order chi connectivity index (χ1) is 7.75. The normalized spacial score (nSPS) is 17.9. The van der Waals surface area contributed by atoms with Gasteiger partial charge in [0.15, 0.2) is 0 Å². The zero-order chi connectivity index (χ0) is 11.4. The number of piperazine rings is 1. The maximum absolute atomic E-state index is 4.35. The van der Waals surface area contributed by atoms with Gasteiger partial charge in [-0.1, -0.05) is 0 Å². The molecule has 0 bridgehead atoms. The van der Waals surface area contributed by atoms with Crippen LogP contribution in [0.3, 0.4) is 0 Å². The molecule has 0 aliphatic carbocycles. The van der Waals surface area contributed by atoms with Crippen molar-refractivity contribution >= 4 is 11.8 Å². The molecule has 1 aliphatic heterocycles. The van der Waals surface area contributed by atoms with Gasteiger partial charge in [0, 0.05) is 45.5 Å². The van der Waals surface area contributed by atoms with Gasteiger partial charge < -0.3 is 5.32 Å². The number of hydrogen-bond acceptors (Lipinski definition) is 4. The van der Waals surface area contributed by atoms with Crippen molar-refractivity contribution in [2.45, 2.75) is 11.9 Å². The number of thioether (sulfide) groups is 1. The van der Waals surface area contributed by atoms with Gasteiger partial charge in [-0.25, -0.2) is 0 Å². The number of hydrogen-bond donors (Lipinski definition) is 1. The molecule has 0 spiro atoms. The van der Waals surface area contributed by atoms with Gasteiger partial charge in [0.1, 0.15) is 0 Å². The van der Waals surface area contributed by atoms with Crippen molar-refractivity contribution in [3.63, 3.8) is 0 Å². The molecule has 2 heterocycles. The van der Waals surface area contributed by atoms with Gasteiger partial charge in [0.05, 0.1) is 10.7 Å². The first kappa shape index (κ1) is 12.0. The zero-order valence-corrected chi connectivity index (χ0v) is 10.9. The van der Waals surface area contributed by atoms with Crippen molar-refractivity contribution in [3.8, 4) is 0 Å². The first-order valence-electron chi connectivity index (χ1n) is 5.82. The van der Waals surface area contributed by atoms with E-state index in [1.54, 1.807) is 0 Å². The Balaban J connectivity index is 1.73. The fourth-order valence-electron chi connectivity index (χ4n) is 1.94. The molecule has 5 heteroatoms. The minimum atomic E-state index is 1.10. The van der Waals surface area contributed by atoms with Crippen LogP contribution in [0.2, 0.25) is 0 Å². The zero-order valence-electron chi connectivity index (χ0n) is 10.1. The maximum Gasteiger partial charge on any atom is 0.0939 e. The lowest BCUT2D eigenvalue weighted by atomic mass is 10.4. The molecule has 0 saturated carbocycles. The SMILES string of the molecule is Cc1cc(SCCN2CCNCC2)n(C)n1. The fourth-order valence-corrected chi connectivity index (χ4v) is 2.98. The minimum Gasteiger partial charge on any atom is -0.314 e. The van der Waals surface area contributed by atoms with Crippen molar-refractivity contribution in [2.24, 2.45) is 7.05 Å². The van der Waals surface area contributed by atoms with E-state index in [4.69, 9.17) is 0 Å². The molecule has 1 fully saturated rings. The molecule has 0 aromatic carbocycles. The van der Waals surface area contributed by atoms with Gasteiger partial charge >= 0.3 is 0 Å². The lowest BCUT2D eigenvalue weighted by Crippen LogP contribution is -2.44. The van der Waals surface area contributed by atoms with Gasteiger partial charge in [-0.05, 0) is 13.0 Å². The molecule has 1 aromatic rings. The first-order valence-corrected chi connectivity index (χ1v) is 6.81. The predicted octanol–water partition coefficient (Wildman–Crippen LogP) is 0.726. The van der Waals surface area contributed by atoms with Crippen LogP contribution in [-0.2, 0) is 7.05 Å². The Morgan fingerprint density at radius 1 is 1.44 bits per heavy atom. The Morgan fingerprint density at radius 2 is 2.19 bits per heavy atom. The van der Waals surface area contributed by atoms with Crippen LogP contribution in [0.25, 0.3) is 0 Å². The third kappa shape index (κ3) is 3.23. The molecule has 1 saturated heterocycles. The maximum atomic E-state index is 4.35. The van der Waals surface area contributed by atoms with Gasteiger partial charge in [-0.3, -0.25) is 9.58 Å². The molecule has 1 N–H and O–H groups in total. The number of nitrogens with one attached hydrogen (secondary N) is 1. The average molecular weight is 240 g/mol. The number of nitrogens with zero attached hydrogens (tertiary/aromatic N) is 3. The van der Waals surface area contributed by atoms with Crippen LogP contribution in [0.1, 0.15) is 5.69 Å². The van der Waals surface area contributed by atoms with E-state index in [2.05, 4.69) is 21.4 Å². The van der Waals surface area contributed by atoms with Gasteiger partial charge in [-0.2, -0.15) is 5.10 Å². The average Bonchev–Trinajstić information content (AvgIpc) is 2.59. The summed E-state index contributed by atoms with van der Waals surface area (Å²) in [7, 11) is 2.01. The molecule has 0 radical (unpaired) electrons. The van der Waals surface area contributed by atoms with Gasteiger partial charge in [0.25, 0.3) is 0 Å². The van der Waals surface area contributed by atoms with Crippen LogP contribution in [-0.4, -0.2) is 53.2 Å². The van der Waals surface area contributed by atoms with Crippen molar-refractivity contribution in [2.75, 3.05) is 38.5 Å². The van der Waals surface area contributed by atoms with Crippen LogP contribution in [0, 0.1) is 6.92 Å². The van der Waals surface area contributed by atoms with E-state index in [1.807, 2.05) is 30.4 Å². The quantitative estimate of drug-likeness (QED) is 0.787. The Morgan fingerprint density at radius 3 is 2.81 bits per heavy atom. The highest BCUT2D eigenvalue weighted by Crippen LogP contribution is 2.18. The molecular formula is C11H20N4S. The topological polar surface area (TPSA) is 33.1 Å². The molecular weight excluding hydrogens is 220 g/mol. The number of aromatic nitrogens is 2. The Kier molecular flexibility index (Phi) is 4.26. The third-order valence-electron chi connectivity index (χ3n) is 2.83. The minimum absolute atomic E-state index is 1.10. The second kappa shape index (κ2) is 5.70. The van der Waals surface area contributed by atoms with E-state index in [0.29, 0.717) is 0 Å². The highest BCUT2D eigenvalue weighted by molar-refractivity contribution is 7.99. The lowest BCUT2D eigenvalue weighted by molar-refractivity contribution is 0.255. The third-order valence-corrected chi connectivity index (χ3v) is 3.89. The molecule has 4 nitrogen and oxygen atoms in total. The lowest BCUT2D eigenvalue weighted by Gasteiger charge is -2.26. The van der Waals surface area contributed by atoms with Crippen molar-refractivity contribution < 1.29 is 0 Å². The highest BCUT2D eigenvalue weighted by Gasteiger charge is 2.09. The van der Waals surface area contributed by atoms with Crippen LogP contribution in [0.4, 0.5) is 0 Å². The molecule has 2 rings (SSSR count). The van der Waals surface area contributed by atoms with Crippen LogP contribution in [0.5, 0.6) is 0 Å². The smallest absolute Gasteiger partial charge is 0.0939 e. The number of rotatable bonds is 4. The molecule has 0 amide bonds. The predicted molar refractivity (Wildman–Crippen MR) is 68.0 cm³/mol. The highest BCUT2D eigenvalue weighted by atomic mass is 32.2. The Labute approximate surface area is 101 Å². The summed E-state index contributed by atoms with van der Waals surface area (Å²) in [6.07, 6.45) is 0.